The van der Waals surface area contributed by atoms with Crippen molar-refractivity contribution in [2.75, 3.05) is 18.6 Å². The van der Waals surface area contributed by atoms with Crippen LogP contribution in [0.2, 0.25) is 0 Å². The summed E-state index contributed by atoms with van der Waals surface area (Å²) in [5.74, 6) is 0.191. The second-order valence-corrected chi connectivity index (χ2v) is 7.88. The number of hydrogen-bond acceptors (Lipinski definition) is 4. The lowest BCUT2D eigenvalue weighted by atomic mass is 10.2. The molecule has 0 aliphatic carbocycles. The highest BCUT2D eigenvalue weighted by atomic mass is 79.9. The van der Waals surface area contributed by atoms with E-state index in [1.807, 2.05) is 18.4 Å². The van der Waals surface area contributed by atoms with E-state index in [0.29, 0.717) is 0 Å². The standard InChI is InChI=1S/C10H16BrNO2S2/c1-3-12-9(7-16(2,13)14)5-10-4-8(11)6-15-10/h4,6,9,12H,3,5,7H2,1-2H3. The summed E-state index contributed by atoms with van der Waals surface area (Å²) < 4.78 is 23.6. The van der Waals surface area contributed by atoms with E-state index < -0.39 is 9.84 Å². The Balaban J connectivity index is 2.64. The molecule has 0 spiro atoms. The van der Waals surface area contributed by atoms with E-state index in [9.17, 15) is 8.42 Å². The fourth-order valence-corrected chi connectivity index (χ4v) is 4.05. The molecule has 0 bridgehead atoms. The van der Waals surface area contributed by atoms with E-state index in [-0.39, 0.29) is 11.8 Å². The van der Waals surface area contributed by atoms with E-state index >= 15 is 0 Å². The number of rotatable bonds is 6. The van der Waals surface area contributed by atoms with Crippen LogP contribution < -0.4 is 5.32 Å². The van der Waals surface area contributed by atoms with Crippen molar-refractivity contribution in [3.05, 3.63) is 20.8 Å². The Kier molecular flexibility index (Phi) is 5.43. The Morgan fingerprint density at radius 2 is 2.25 bits per heavy atom. The van der Waals surface area contributed by atoms with Crippen LogP contribution >= 0.6 is 27.3 Å². The van der Waals surface area contributed by atoms with Gasteiger partial charge in [0.1, 0.15) is 9.84 Å². The van der Waals surface area contributed by atoms with Crippen molar-refractivity contribution in [3.8, 4) is 0 Å². The zero-order valence-corrected chi connectivity index (χ0v) is 12.6. The lowest BCUT2D eigenvalue weighted by Crippen LogP contribution is -2.36. The van der Waals surface area contributed by atoms with E-state index in [1.54, 1.807) is 11.3 Å². The van der Waals surface area contributed by atoms with Gasteiger partial charge in [-0.2, -0.15) is 0 Å². The molecule has 1 heterocycles. The molecule has 1 aromatic heterocycles. The SMILES string of the molecule is CCNC(Cc1cc(Br)cs1)CS(C)(=O)=O. The van der Waals surface area contributed by atoms with Crippen LogP contribution in [0, 0.1) is 0 Å². The Morgan fingerprint density at radius 3 is 2.69 bits per heavy atom. The second kappa shape index (κ2) is 6.14. The van der Waals surface area contributed by atoms with Gasteiger partial charge in [-0.1, -0.05) is 6.92 Å². The average molecular weight is 326 g/mol. The molecule has 0 fully saturated rings. The van der Waals surface area contributed by atoms with Crippen molar-refractivity contribution in [3.63, 3.8) is 0 Å². The topological polar surface area (TPSA) is 46.2 Å². The Labute approximate surface area is 109 Å². The van der Waals surface area contributed by atoms with Crippen molar-refractivity contribution in [2.24, 2.45) is 0 Å². The normalized spacial score (nSPS) is 13.9. The molecule has 0 aliphatic rings. The molecule has 3 nitrogen and oxygen atoms in total. The lowest BCUT2D eigenvalue weighted by molar-refractivity contribution is 0.547. The summed E-state index contributed by atoms with van der Waals surface area (Å²) >= 11 is 5.04. The predicted octanol–water partition coefficient (Wildman–Crippen LogP) is 2.08. The van der Waals surface area contributed by atoms with Gasteiger partial charge in [0.2, 0.25) is 0 Å². The maximum Gasteiger partial charge on any atom is 0.148 e. The van der Waals surface area contributed by atoms with Crippen LogP contribution in [-0.4, -0.2) is 33.0 Å². The van der Waals surface area contributed by atoms with Crippen LogP contribution in [0.1, 0.15) is 11.8 Å². The number of hydrogen-bond donors (Lipinski definition) is 1. The van der Waals surface area contributed by atoms with Crippen molar-refractivity contribution < 1.29 is 8.42 Å². The van der Waals surface area contributed by atoms with Gasteiger partial charge in [0, 0.05) is 27.0 Å². The molecule has 0 saturated carbocycles. The van der Waals surface area contributed by atoms with Crippen LogP contribution in [0.5, 0.6) is 0 Å². The molecule has 1 atom stereocenters. The molecule has 1 aromatic rings. The fraction of sp³-hybridized carbons (Fsp3) is 0.600. The van der Waals surface area contributed by atoms with Crippen LogP contribution in [0.4, 0.5) is 0 Å². The van der Waals surface area contributed by atoms with Gasteiger partial charge < -0.3 is 5.32 Å². The second-order valence-electron chi connectivity index (χ2n) is 3.78. The van der Waals surface area contributed by atoms with Crippen molar-refractivity contribution in [1.29, 1.82) is 0 Å². The summed E-state index contributed by atoms with van der Waals surface area (Å²) in [6.07, 6.45) is 2.04. The van der Waals surface area contributed by atoms with Crippen molar-refractivity contribution >= 4 is 37.1 Å². The molecular weight excluding hydrogens is 310 g/mol. The van der Waals surface area contributed by atoms with Gasteiger partial charge in [0.05, 0.1) is 5.75 Å². The molecule has 1 rings (SSSR count). The largest absolute Gasteiger partial charge is 0.313 e. The monoisotopic (exact) mass is 325 g/mol. The average Bonchev–Trinajstić information content (AvgIpc) is 2.48. The lowest BCUT2D eigenvalue weighted by Gasteiger charge is -2.15. The van der Waals surface area contributed by atoms with Crippen molar-refractivity contribution in [1.82, 2.24) is 5.32 Å². The maximum absolute atomic E-state index is 11.3. The van der Waals surface area contributed by atoms with Gasteiger partial charge in [-0.25, -0.2) is 8.42 Å². The molecule has 0 aliphatic heterocycles. The van der Waals surface area contributed by atoms with E-state index in [1.165, 1.54) is 11.1 Å². The third-order valence-electron chi connectivity index (χ3n) is 2.07. The fourth-order valence-electron chi connectivity index (χ4n) is 1.55. The summed E-state index contributed by atoms with van der Waals surface area (Å²) in [6, 6.07) is 2.04. The molecule has 0 aromatic carbocycles. The van der Waals surface area contributed by atoms with Crippen LogP contribution in [0.15, 0.2) is 15.9 Å². The first-order valence-electron chi connectivity index (χ1n) is 5.04. The predicted molar refractivity (Wildman–Crippen MR) is 72.9 cm³/mol. The molecule has 0 saturated heterocycles. The minimum absolute atomic E-state index is 0.00514. The van der Waals surface area contributed by atoms with Gasteiger partial charge in [0.25, 0.3) is 0 Å². The molecular formula is C10H16BrNO2S2. The number of halogens is 1. The summed E-state index contributed by atoms with van der Waals surface area (Å²) in [6.45, 7) is 2.77. The number of nitrogens with one attached hydrogen (secondary N) is 1. The molecule has 6 heteroatoms. The van der Waals surface area contributed by atoms with Crippen LogP contribution in [0.25, 0.3) is 0 Å². The van der Waals surface area contributed by atoms with E-state index in [0.717, 1.165) is 17.4 Å². The first-order chi connectivity index (χ1) is 7.40. The molecule has 1 unspecified atom stereocenters. The first-order valence-corrected chi connectivity index (χ1v) is 8.78. The Hall–Kier alpha value is 0.0900. The summed E-state index contributed by atoms with van der Waals surface area (Å²) in [4.78, 5) is 1.20. The number of likely N-dealkylation sites (N-methyl/N-ethyl adjacent to an activating group) is 1. The zero-order valence-electron chi connectivity index (χ0n) is 9.36. The minimum atomic E-state index is -2.93. The van der Waals surface area contributed by atoms with Gasteiger partial charge in [0.15, 0.2) is 0 Å². The molecule has 1 N–H and O–H groups in total. The van der Waals surface area contributed by atoms with Crippen LogP contribution in [-0.2, 0) is 16.3 Å². The highest BCUT2D eigenvalue weighted by Crippen LogP contribution is 2.21. The quantitative estimate of drug-likeness (QED) is 0.871. The molecule has 0 amide bonds. The third-order valence-corrected chi connectivity index (χ3v) is 4.79. The van der Waals surface area contributed by atoms with E-state index in [2.05, 4.69) is 21.2 Å². The van der Waals surface area contributed by atoms with Crippen molar-refractivity contribution in [2.45, 2.75) is 19.4 Å². The van der Waals surface area contributed by atoms with Gasteiger partial charge in [-0.15, -0.1) is 11.3 Å². The highest BCUT2D eigenvalue weighted by molar-refractivity contribution is 9.10. The maximum atomic E-state index is 11.3. The van der Waals surface area contributed by atoms with Gasteiger partial charge >= 0.3 is 0 Å². The molecule has 92 valence electrons. The summed E-state index contributed by atoms with van der Waals surface area (Å²) in [7, 11) is -2.93. The van der Waals surface area contributed by atoms with Gasteiger partial charge in [-0.3, -0.25) is 0 Å². The zero-order chi connectivity index (χ0) is 12.2. The minimum Gasteiger partial charge on any atom is -0.313 e. The number of sulfone groups is 1. The summed E-state index contributed by atoms with van der Waals surface area (Å²) in [5, 5.41) is 5.22. The Morgan fingerprint density at radius 1 is 1.56 bits per heavy atom. The number of thiophene rings is 1. The van der Waals surface area contributed by atoms with E-state index in [4.69, 9.17) is 0 Å². The first kappa shape index (κ1) is 14.2. The van der Waals surface area contributed by atoms with Crippen LogP contribution in [0.3, 0.4) is 0 Å². The molecule has 0 radical (unpaired) electrons. The Bertz CT molecular complexity index is 428. The highest BCUT2D eigenvalue weighted by Gasteiger charge is 2.15. The smallest absolute Gasteiger partial charge is 0.148 e. The van der Waals surface area contributed by atoms with Gasteiger partial charge in [-0.05, 0) is 35.0 Å². The third kappa shape index (κ3) is 5.43. The molecule has 16 heavy (non-hydrogen) atoms. The summed E-state index contributed by atoms with van der Waals surface area (Å²) in [5.41, 5.74) is 0.